The lowest BCUT2D eigenvalue weighted by atomic mass is 10.1. The van der Waals surface area contributed by atoms with Crippen LogP contribution in [-0.2, 0) is 9.59 Å². The second-order valence-corrected chi connectivity index (χ2v) is 4.72. The van der Waals surface area contributed by atoms with E-state index in [1.165, 1.54) is 0 Å². The molecule has 0 saturated carbocycles. The maximum Gasteiger partial charge on any atom is 0.237 e. The first kappa shape index (κ1) is 15.4. The van der Waals surface area contributed by atoms with Crippen molar-refractivity contribution < 1.29 is 9.59 Å². The summed E-state index contributed by atoms with van der Waals surface area (Å²) in [6.07, 6.45) is 1.50. The summed E-state index contributed by atoms with van der Waals surface area (Å²) in [6, 6.07) is 1.90. The van der Waals surface area contributed by atoms with Gasteiger partial charge in [-0.05, 0) is 6.42 Å². The lowest BCUT2D eigenvalue weighted by Crippen LogP contribution is -2.55. The van der Waals surface area contributed by atoms with Gasteiger partial charge in [0, 0.05) is 39.6 Å². The standard InChI is InChI=1S/C13H22N4O2/c1-3-11-13(19)15-7-10-17(11)9-5-12(18)16(2)8-4-6-14/h11H,3-5,7-10H2,1-2H3,(H,15,19). The van der Waals surface area contributed by atoms with Crippen molar-refractivity contribution in [2.75, 3.05) is 33.2 Å². The van der Waals surface area contributed by atoms with Gasteiger partial charge in [-0.15, -0.1) is 0 Å². The largest absolute Gasteiger partial charge is 0.353 e. The van der Waals surface area contributed by atoms with Gasteiger partial charge in [0.2, 0.25) is 11.8 Å². The van der Waals surface area contributed by atoms with Crippen LogP contribution in [0.3, 0.4) is 0 Å². The number of amides is 2. The second kappa shape index (κ2) is 7.74. The van der Waals surface area contributed by atoms with E-state index >= 15 is 0 Å². The Morgan fingerprint density at radius 3 is 3.00 bits per heavy atom. The van der Waals surface area contributed by atoms with Crippen molar-refractivity contribution in [3.63, 3.8) is 0 Å². The van der Waals surface area contributed by atoms with Gasteiger partial charge in [0.1, 0.15) is 0 Å². The first-order valence-corrected chi connectivity index (χ1v) is 6.72. The lowest BCUT2D eigenvalue weighted by molar-refractivity contribution is -0.133. The molecule has 106 valence electrons. The van der Waals surface area contributed by atoms with Crippen molar-refractivity contribution >= 4 is 11.8 Å². The average Bonchev–Trinajstić information content (AvgIpc) is 2.42. The minimum absolute atomic E-state index is 0.0242. The molecule has 0 aromatic heterocycles. The summed E-state index contributed by atoms with van der Waals surface area (Å²) in [7, 11) is 1.71. The van der Waals surface area contributed by atoms with Gasteiger partial charge in [-0.2, -0.15) is 5.26 Å². The van der Waals surface area contributed by atoms with E-state index < -0.39 is 0 Å². The van der Waals surface area contributed by atoms with Crippen LogP contribution in [0.25, 0.3) is 0 Å². The Kier molecular flexibility index (Phi) is 6.30. The second-order valence-electron chi connectivity index (χ2n) is 4.72. The first-order chi connectivity index (χ1) is 9.10. The number of hydrogen-bond acceptors (Lipinski definition) is 4. The molecule has 1 heterocycles. The highest BCUT2D eigenvalue weighted by atomic mass is 16.2. The molecule has 6 nitrogen and oxygen atoms in total. The van der Waals surface area contributed by atoms with Gasteiger partial charge in [0.25, 0.3) is 0 Å². The van der Waals surface area contributed by atoms with E-state index in [1.54, 1.807) is 11.9 Å². The van der Waals surface area contributed by atoms with Gasteiger partial charge in [-0.3, -0.25) is 14.5 Å². The molecule has 0 aromatic carbocycles. The van der Waals surface area contributed by atoms with Gasteiger partial charge in [-0.25, -0.2) is 0 Å². The summed E-state index contributed by atoms with van der Waals surface area (Å²) in [5.41, 5.74) is 0. The molecule has 1 rings (SSSR count). The summed E-state index contributed by atoms with van der Waals surface area (Å²) in [6.45, 7) is 4.48. The average molecular weight is 266 g/mol. The molecule has 1 atom stereocenters. The molecule has 19 heavy (non-hydrogen) atoms. The fourth-order valence-electron chi connectivity index (χ4n) is 2.25. The monoisotopic (exact) mass is 266 g/mol. The van der Waals surface area contributed by atoms with Gasteiger partial charge in [-0.1, -0.05) is 6.92 Å². The summed E-state index contributed by atoms with van der Waals surface area (Å²) in [5.74, 6) is 0.0788. The third-order valence-electron chi connectivity index (χ3n) is 3.43. The van der Waals surface area contributed by atoms with Crippen molar-refractivity contribution in [1.82, 2.24) is 15.1 Å². The Bertz CT molecular complexity index is 364. The van der Waals surface area contributed by atoms with Gasteiger partial charge < -0.3 is 10.2 Å². The molecular weight excluding hydrogens is 244 g/mol. The van der Waals surface area contributed by atoms with Crippen LogP contribution < -0.4 is 5.32 Å². The van der Waals surface area contributed by atoms with Crippen LogP contribution in [0.4, 0.5) is 0 Å². The van der Waals surface area contributed by atoms with E-state index in [0.29, 0.717) is 32.5 Å². The molecule has 1 aliphatic heterocycles. The zero-order valence-electron chi connectivity index (χ0n) is 11.7. The van der Waals surface area contributed by atoms with Crippen LogP contribution in [0.1, 0.15) is 26.2 Å². The summed E-state index contributed by atoms with van der Waals surface area (Å²) >= 11 is 0. The third-order valence-corrected chi connectivity index (χ3v) is 3.43. The van der Waals surface area contributed by atoms with Crippen LogP contribution in [0.15, 0.2) is 0 Å². The Morgan fingerprint density at radius 2 is 2.37 bits per heavy atom. The van der Waals surface area contributed by atoms with Crippen LogP contribution in [0, 0.1) is 11.3 Å². The predicted octanol–water partition coefficient (Wildman–Crippen LogP) is -0.0410. The molecule has 6 heteroatoms. The molecule has 0 aromatic rings. The fourth-order valence-corrected chi connectivity index (χ4v) is 2.25. The van der Waals surface area contributed by atoms with E-state index in [-0.39, 0.29) is 17.9 Å². The van der Waals surface area contributed by atoms with Crippen LogP contribution in [0.2, 0.25) is 0 Å². The number of nitrogens with zero attached hydrogens (tertiary/aromatic N) is 3. The normalized spacial score (nSPS) is 19.6. The number of nitriles is 1. The van der Waals surface area contributed by atoms with Crippen LogP contribution >= 0.6 is 0 Å². The lowest BCUT2D eigenvalue weighted by Gasteiger charge is -2.34. The van der Waals surface area contributed by atoms with Crippen molar-refractivity contribution in [2.45, 2.75) is 32.2 Å². The zero-order chi connectivity index (χ0) is 14.3. The number of nitrogens with one attached hydrogen (secondary N) is 1. The minimum Gasteiger partial charge on any atom is -0.353 e. The van der Waals surface area contributed by atoms with Gasteiger partial charge >= 0.3 is 0 Å². The van der Waals surface area contributed by atoms with Gasteiger partial charge in [0.15, 0.2) is 0 Å². The van der Waals surface area contributed by atoms with E-state index in [4.69, 9.17) is 5.26 Å². The Labute approximate surface area is 114 Å². The van der Waals surface area contributed by atoms with Gasteiger partial charge in [0.05, 0.1) is 18.5 Å². The fraction of sp³-hybridized carbons (Fsp3) is 0.769. The maximum absolute atomic E-state index is 11.9. The number of piperazine rings is 1. The molecule has 1 unspecified atom stereocenters. The molecule has 1 fully saturated rings. The topological polar surface area (TPSA) is 76.4 Å². The molecule has 1 N–H and O–H groups in total. The number of rotatable bonds is 6. The van der Waals surface area contributed by atoms with E-state index in [2.05, 4.69) is 10.2 Å². The van der Waals surface area contributed by atoms with Crippen LogP contribution in [0.5, 0.6) is 0 Å². The van der Waals surface area contributed by atoms with Crippen molar-refractivity contribution in [3.05, 3.63) is 0 Å². The minimum atomic E-state index is -0.119. The summed E-state index contributed by atoms with van der Waals surface area (Å²) < 4.78 is 0. The summed E-state index contributed by atoms with van der Waals surface area (Å²) in [5, 5.41) is 11.3. The highest BCUT2D eigenvalue weighted by Crippen LogP contribution is 2.09. The molecule has 0 bridgehead atoms. The van der Waals surface area contributed by atoms with E-state index in [1.807, 2.05) is 13.0 Å². The molecule has 2 amide bonds. The first-order valence-electron chi connectivity index (χ1n) is 6.72. The highest BCUT2D eigenvalue weighted by molar-refractivity contribution is 5.82. The SMILES string of the molecule is CCC1C(=O)NCCN1CCC(=O)N(C)CCC#N. The maximum atomic E-state index is 11.9. The van der Waals surface area contributed by atoms with Crippen molar-refractivity contribution in [3.8, 4) is 6.07 Å². The number of hydrogen-bond donors (Lipinski definition) is 1. The third kappa shape index (κ3) is 4.52. The smallest absolute Gasteiger partial charge is 0.237 e. The van der Waals surface area contributed by atoms with Crippen LogP contribution in [-0.4, -0.2) is 60.9 Å². The predicted molar refractivity (Wildman–Crippen MR) is 71.1 cm³/mol. The quantitative estimate of drug-likeness (QED) is 0.732. The van der Waals surface area contributed by atoms with Crippen molar-refractivity contribution in [2.24, 2.45) is 0 Å². The molecule has 0 aliphatic carbocycles. The molecular formula is C13H22N4O2. The molecule has 0 radical (unpaired) electrons. The number of carbonyl (C=O) groups is 2. The number of carbonyl (C=O) groups excluding carboxylic acids is 2. The summed E-state index contributed by atoms with van der Waals surface area (Å²) in [4.78, 5) is 27.2. The Hall–Kier alpha value is -1.61. The van der Waals surface area contributed by atoms with Crippen molar-refractivity contribution in [1.29, 1.82) is 5.26 Å². The Morgan fingerprint density at radius 1 is 1.63 bits per heavy atom. The molecule has 1 aliphatic rings. The van der Waals surface area contributed by atoms with E-state index in [0.717, 1.165) is 13.0 Å². The highest BCUT2D eigenvalue weighted by Gasteiger charge is 2.28. The molecule has 0 spiro atoms. The van der Waals surface area contributed by atoms with E-state index in [9.17, 15) is 9.59 Å². The molecule has 1 saturated heterocycles. The Balaban J connectivity index is 2.40. The zero-order valence-corrected chi connectivity index (χ0v) is 11.7.